The van der Waals surface area contributed by atoms with E-state index in [-0.39, 0.29) is 24.8 Å². The van der Waals surface area contributed by atoms with Crippen molar-refractivity contribution in [1.82, 2.24) is 14.9 Å². The van der Waals surface area contributed by atoms with Gasteiger partial charge in [0.25, 0.3) is 0 Å². The first-order valence-corrected chi connectivity index (χ1v) is 14.0. The van der Waals surface area contributed by atoms with Crippen molar-refractivity contribution in [3.63, 3.8) is 0 Å². The van der Waals surface area contributed by atoms with Crippen molar-refractivity contribution in [1.29, 1.82) is 5.26 Å². The van der Waals surface area contributed by atoms with Crippen LogP contribution in [-0.4, -0.2) is 72.1 Å². The molecule has 40 heavy (non-hydrogen) atoms. The van der Waals surface area contributed by atoms with Crippen LogP contribution in [0.3, 0.4) is 0 Å². The first kappa shape index (κ1) is 27.7. The second kappa shape index (κ2) is 13.0. The summed E-state index contributed by atoms with van der Waals surface area (Å²) in [5.74, 6) is 0.652. The van der Waals surface area contributed by atoms with Crippen LogP contribution in [0.5, 0.6) is 0 Å². The van der Waals surface area contributed by atoms with E-state index in [4.69, 9.17) is 9.47 Å². The van der Waals surface area contributed by atoms with Gasteiger partial charge < -0.3 is 14.4 Å². The van der Waals surface area contributed by atoms with Gasteiger partial charge in [-0.05, 0) is 61.8 Å². The summed E-state index contributed by atoms with van der Waals surface area (Å²) in [5, 5.41) is 12.4. The third-order valence-electron chi connectivity index (χ3n) is 7.67. The fourth-order valence-corrected chi connectivity index (χ4v) is 5.52. The molecule has 2 aliphatic heterocycles. The normalized spacial score (nSPS) is 17.4. The van der Waals surface area contributed by atoms with E-state index in [2.05, 4.69) is 21.4 Å². The minimum atomic E-state index is -0.408. The Balaban J connectivity index is 1.27. The van der Waals surface area contributed by atoms with Crippen molar-refractivity contribution in [2.75, 3.05) is 43.1 Å². The predicted octanol–water partition coefficient (Wildman–Crippen LogP) is 3.40. The molecule has 3 amide bonds. The summed E-state index contributed by atoms with van der Waals surface area (Å²) >= 11 is 0. The van der Waals surface area contributed by atoms with E-state index in [0.717, 1.165) is 36.8 Å². The number of hydrogen-bond donors (Lipinski definition) is 1. The molecule has 1 aliphatic carbocycles. The molecule has 11 nitrogen and oxygen atoms in total. The second-order valence-corrected chi connectivity index (χ2v) is 10.4. The van der Waals surface area contributed by atoms with E-state index in [1.165, 1.54) is 23.9 Å². The highest BCUT2D eigenvalue weighted by Crippen LogP contribution is 2.29. The zero-order valence-corrected chi connectivity index (χ0v) is 22.6. The maximum absolute atomic E-state index is 13.3. The molecule has 0 unspecified atom stereocenters. The summed E-state index contributed by atoms with van der Waals surface area (Å²) in [7, 11) is 0. The highest BCUT2D eigenvalue weighted by molar-refractivity contribution is 6.01. The number of amides is 3. The summed E-state index contributed by atoms with van der Waals surface area (Å²) < 4.78 is 11.1. The number of rotatable bonds is 9. The molecule has 2 aromatic rings. The number of morpholine rings is 1. The Morgan fingerprint density at radius 3 is 2.85 bits per heavy atom. The smallest absolute Gasteiger partial charge is 0.328 e. The Morgan fingerprint density at radius 1 is 1.23 bits per heavy atom. The molecule has 0 aromatic carbocycles. The van der Waals surface area contributed by atoms with Gasteiger partial charge in [-0.2, -0.15) is 5.26 Å². The zero-order chi connectivity index (χ0) is 27.9. The van der Waals surface area contributed by atoms with Gasteiger partial charge in [-0.15, -0.1) is 0 Å². The second-order valence-electron chi connectivity index (χ2n) is 10.4. The van der Waals surface area contributed by atoms with Crippen molar-refractivity contribution in [2.24, 2.45) is 0 Å². The van der Waals surface area contributed by atoms with Crippen LogP contribution < -0.4 is 10.2 Å². The van der Waals surface area contributed by atoms with Crippen LogP contribution >= 0.6 is 0 Å². The number of anilines is 2. The van der Waals surface area contributed by atoms with Crippen molar-refractivity contribution in [3.8, 4) is 6.07 Å². The van der Waals surface area contributed by atoms with E-state index < -0.39 is 6.03 Å². The van der Waals surface area contributed by atoms with Gasteiger partial charge in [0.15, 0.2) is 6.29 Å². The molecule has 1 N–H and O–H groups in total. The van der Waals surface area contributed by atoms with Gasteiger partial charge in [-0.25, -0.2) is 14.8 Å². The Labute approximate surface area is 233 Å². The number of urea groups is 1. The Morgan fingerprint density at radius 2 is 2.08 bits per heavy atom. The topological polar surface area (TPSA) is 138 Å². The summed E-state index contributed by atoms with van der Waals surface area (Å²) in [6, 6.07) is 5.39. The summed E-state index contributed by atoms with van der Waals surface area (Å²) in [6.07, 6.45) is 10.0. The van der Waals surface area contributed by atoms with Crippen LogP contribution in [0.25, 0.3) is 0 Å². The Bertz CT molecular complexity index is 1300. The quantitative estimate of drug-likeness (QED) is 0.373. The van der Waals surface area contributed by atoms with Crippen molar-refractivity contribution in [3.05, 3.63) is 46.3 Å². The van der Waals surface area contributed by atoms with Crippen molar-refractivity contribution in [2.45, 2.75) is 64.0 Å². The van der Waals surface area contributed by atoms with E-state index in [1.54, 1.807) is 11.0 Å². The van der Waals surface area contributed by atoms with Crippen LogP contribution in [-0.2, 0) is 33.7 Å². The van der Waals surface area contributed by atoms with Crippen LogP contribution in [0.4, 0.5) is 16.4 Å². The molecule has 11 heteroatoms. The lowest BCUT2D eigenvalue weighted by atomic mass is 10.0. The molecule has 4 heterocycles. The predicted molar refractivity (Wildman–Crippen MR) is 146 cm³/mol. The average molecular weight is 547 g/mol. The number of nitrogens with one attached hydrogen (secondary N) is 1. The standard InChI is InChI=1S/C29H34N6O5/c30-15-23-16-31-26(14-20(23)6-4-11-40-24-7-1-2-8-24)33-29(38)35-9-3-5-21-13-22(25(18-36)32-28(21)35)17-34-10-12-39-19-27(34)37/h13-14,16,18,24H,1-12,17,19H2,(H,31,33,38). The number of nitrogens with zero attached hydrogens (tertiary/aromatic N) is 5. The van der Waals surface area contributed by atoms with Crippen LogP contribution in [0.15, 0.2) is 18.3 Å². The number of nitriles is 1. The SMILES string of the molecule is N#Cc1cnc(NC(=O)N2CCCc3cc(CN4CCOCC4=O)c(C=O)nc32)cc1CCCOC1CCCC1. The number of aldehydes is 1. The number of aryl methyl sites for hydroxylation is 2. The molecule has 0 radical (unpaired) electrons. The zero-order valence-electron chi connectivity index (χ0n) is 22.6. The molecule has 3 aliphatic rings. The Hall–Kier alpha value is -3.88. The van der Waals surface area contributed by atoms with Gasteiger partial charge in [0.1, 0.15) is 30.0 Å². The van der Waals surface area contributed by atoms with E-state index in [0.29, 0.717) is 74.3 Å². The molecule has 0 atom stereocenters. The highest BCUT2D eigenvalue weighted by Gasteiger charge is 2.28. The van der Waals surface area contributed by atoms with Crippen molar-refractivity contribution >= 4 is 29.9 Å². The van der Waals surface area contributed by atoms with Gasteiger partial charge in [0.2, 0.25) is 5.91 Å². The molecular weight excluding hydrogens is 512 g/mol. The van der Waals surface area contributed by atoms with Gasteiger partial charge >= 0.3 is 6.03 Å². The molecular formula is C29H34N6O5. The lowest BCUT2D eigenvalue weighted by Gasteiger charge is -2.30. The summed E-state index contributed by atoms with van der Waals surface area (Å²) in [4.78, 5) is 49.5. The lowest BCUT2D eigenvalue weighted by Crippen LogP contribution is -2.42. The number of pyridine rings is 2. The maximum Gasteiger partial charge on any atom is 0.328 e. The fraction of sp³-hybridized carbons (Fsp3) is 0.517. The first-order chi connectivity index (χ1) is 19.6. The molecule has 0 spiro atoms. The fourth-order valence-electron chi connectivity index (χ4n) is 5.52. The monoisotopic (exact) mass is 546 g/mol. The molecule has 2 aromatic heterocycles. The van der Waals surface area contributed by atoms with Crippen LogP contribution in [0.2, 0.25) is 0 Å². The van der Waals surface area contributed by atoms with Gasteiger partial charge in [-0.3, -0.25) is 19.8 Å². The lowest BCUT2D eigenvalue weighted by molar-refractivity contribution is -0.143. The van der Waals surface area contributed by atoms with E-state index in [1.807, 2.05) is 6.07 Å². The maximum atomic E-state index is 13.3. The highest BCUT2D eigenvalue weighted by atomic mass is 16.5. The van der Waals surface area contributed by atoms with E-state index in [9.17, 15) is 19.6 Å². The average Bonchev–Trinajstić information content (AvgIpc) is 3.49. The Kier molecular flexibility index (Phi) is 8.98. The first-order valence-electron chi connectivity index (χ1n) is 14.0. The number of carbonyl (C=O) groups excluding carboxylic acids is 3. The van der Waals surface area contributed by atoms with E-state index >= 15 is 0 Å². The van der Waals surface area contributed by atoms with Gasteiger partial charge in [0, 0.05) is 38.0 Å². The number of ether oxygens (including phenoxy) is 2. The largest absolute Gasteiger partial charge is 0.378 e. The minimum Gasteiger partial charge on any atom is -0.378 e. The van der Waals surface area contributed by atoms with Crippen LogP contribution in [0.1, 0.15) is 71.3 Å². The summed E-state index contributed by atoms with van der Waals surface area (Å²) in [5.41, 5.74) is 2.99. The number of carbonyl (C=O) groups is 3. The third-order valence-corrected chi connectivity index (χ3v) is 7.67. The molecule has 1 saturated heterocycles. The van der Waals surface area contributed by atoms with Gasteiger partial charge in [-0.1, -0.05) is 12.8 Å². The molecule has 210 valence electrons. The molecule has 0 bridgehead atoms. The molecule has 2 fully saturated rings. The number of aromatic nitrogens is 2. The minimum absolute atomic E-state index is 0.0298. The summed E-state index contributed by atoms with van der Waals surface area (Å²) in [6.45, 7) is 2.28. The number of fused-ring (bicyclic) bond motifs is 1. The van der Waals surface area contributed by atoms with Crippen molar-refractivity contribution < 1.29 is 23.9 Å². The number of hydrogen-bond acceptors (Lipinski definition) is 8. The third kappa shape index (κ3) is 6.46. The van der Waals surface area contributed by atoms with Crippen LogP contribution in [0, 0.1) is 11.3 Å². The van der Waals surface area contributed by atoms with Gasteiger partial charge in [0.05, 0.1) is 18.3 Å². The molecule has 5 rings (SSSR count). The molecule has 1 saturated carbocycles.